The van der Waals surface area contributed by atoms with Crippen LogP contribution >= 0.6 is 0 Å². The van der Waals surface area contributed by atoms with Crippen molar-refractivity contribution in [1.29, 1.82) is 0 Å². The lowest BCUT2D eigenvalue weighted by Gasteiger charge is -2.21. The van der Waals surface area contributed by atoms with Crippen molar-refractivity contribution in [2.45, 2.75) is 20.3 Å². The van der Waals surface area contributed by atoms with Crippen LogP contribution in [0.15, 0.2) is 6.07 Å². The molecule has 0 unspecified atom stereocenters. The molecule has 1 saturated heterocycles. The Morgan fingerprint density at radius 2 is 1.80 bits per heavy atom. The van der Waals surface area contributed by atoms with E-state index in [0.717, 1.165) is 17.8 Å². The lowest BCUT2D eigenvalue weighted by molar-refractivity contribution is 0.0756. The number of carbonyl (C=O) groups excluding carboxylic acids is 2. The van der Waals surface area contributed by atoms with Crippen LogP contribution in [0.1, 0.15) is 28.2 Å². The highest BCUT2D eigenvalue weighted by atomic mass is 16.5. The van der Waals surface area contributed by atoms with Gasteiger partial charge in [-0.1, -0.05) is 0 Å². The quantitative estimate of drug-likeness (QED) is 0.848. The predicted octanol–water partition coefficient (Wildman–Crippen LogP) is 1.55. The minimum atomic E-state index is -0.326. The number of H-pyrrole nitrogens is 1. The molecule has 1 aromatic heterocycles. The summed E-state index contributed by atoms with van der Waals surface area (Å²) >= 11 is 0. The Balaban J connectivity index is 2.05. The number of nitrogens with zero attached hydrogens (tertiary/aromatic N) is 2. The van der Waals surface area contributed by atoms with Gasteiger partial charge in [0.2, 0.25) is 0 Å². The number of amides is 2. The van der Waals surface area contributed by atoms with Crippen LogP contribution in [-0.2, 0) is 4.74 Å². The molecule has 0 atom stereocenters. The molecule has 2 amide bonds. The number of nitrogens with one attached hydrogen (secondary N) is 1. The number of aryl methyl sites for hydroxylation is 2. The van der Waals surface area contributed by atoms with Crippen LogP contribution in [0.3, 0.4) is 0 Å². The summed E-state index contributed by atoms with van der Waals surface area (Å²) in [6.07, 6.45) is 0.441. The number of hydrogen-bond acceptors (Lipinski definition) is 3. The van der Waals surface area contributed by atoms with Gasteiger partial charge in [0.25, 0.3) is 5.91 Å². The molecule has 1 N–H and O–H groups in total. The second-order valence-electron chi connectivity index (χ2n) is 5.09. The van der Waals surface area contributed by atoms with E-state index in [2.05, 4.69) is 4.98 Å². The van der Waals surface area contributed by atoms with Crippen molar-refractivity contribution in [3.05, 3.63) is 23.0 Å². The number of ether oxygens (including phenoxy) is 1. The van der Waals surface area contributed by atoms with Crippen LogP contribution in [0.4, 0.5) is 4.79 Å². The van der Waals surface area contributed by atoms with Crippen molar-refractivity contribution in [3.8, 4) is 0 Å². The molecule has 0 spiro atoms. The largest absolute Gasteiger partial charge is 0.453 e. The van der Waals surface area contributed by atoms with Crippen LogP contribution < -0.4 is 0 Å². The smallest absolute Gasteiger partial charge is 0.409 e. The first-order chi connectivity index (χ1) is 9.52. The van der Waals surface area contributed by atoms with Gasteiger partial charge < -0.3 is 19.5 Å². The molecule has 0 radical (unpaired) electrons. The number of aromatic amines is 1. The molecule has 6 heteroatoms. The van der Waals surface area contributed by atoms with Crippen LogP contribution in [0, 0.1) is 13.8 Å². The van der Waals surface area contributed by atoms with Gasteiger partial charge in [-0.2, -0.15) is 0 Å². The molecular formula is C14H21N3O3. The van der Waals surface area contributed by atoms with Crippen molar-refractivity contribution in [3.63, 3.8) is 0 Å². The van der Waals surface area contributed by atoms with E-state index in [1.165, 1.54) is 7.11 Å². The van der Waals surface area contributed by atoms with Gasteiger partial charge >= 0.3 is 6.09 Å². The fourth-order valence-corrected chi connectivity index (χ4v) is 2.55. The summed E-state index contributed by atoms with van der Waals surface area (Å²) in [6, 6.07) is 1.88. The Kier molecular flexibility index (Phi) is 4.32. The molecule has 20 heavy (non-hydrogen) atoms. The molecule has 0 saturated carbocycles. The van der Waals surface area contributed by atoms with Crippen molar-refractivity contribution in [1.82, 2.24) is 14.8 Å². The van der Waals surface area contributed by atoms with Gasteiger partial charge in [-0.3, -0.25) is 4.79 Å². The van der Waals surface area contributed by atoms with E-state index >= 15 is 0 Å². The third-order valence-corrected chi connectivity index (χ3v) is 3.60. The first-order valence-electron chi connectivity index (χ1n) is 6.81. The molecule has 0 aliphatic carbocycles. The Bertz CT molecular complexity index is 510. The molecule has 6 nitrogen and oxygen atoms in total. The summed E-state index contributed by atoms with van der Waals surface area (Å²) in [7, 11) is 1.38. The highest BCUT2D eigenvalue weighted by Gasteiger charge is 2.24. The molecule has 2 rings (SSSR count). The number of hydrogen-bond donors (Lipinski definition) is 1. The minimum absolute atomic E-state index is 0.0264. The first-order valence-corrected chi connectivity index (χ1v) is 6.81. The van der Waals surface area contributed by atoms with E-state index in [4.69, 9.17) is 4.74 Å². The minimum Gasteiger partial charge on any atom is -0.453 e. The average molecular weight is 279 g/mol. The topological polar surface area (TPSA) is 65.6 Å². The van der Waals surface area contributed by atoms with Gasteiger partial charge in [0.1, 0.15) is 0 Å². The van der Waals surface area contributed by atoms with Gasteiger partial charge in [-0.15, -0.1) is 0 Å². The zero-order valence-corrected chi connectivity index (χ0v) is 12.2. The zero-order valence-electron chi connectivity index (χ0n) is 12.2. The predicted molar refractivity (Wildman–Crippen MR) is 74.8 cm³/mol. The highest BCUT2D eigenvalue weighted by molar-refractivity contribution is 5.95. The zero-order chi connectivity index (χ0) is 14.7. The summed E-state index contributed by atoms with van der Waals surface area (Å²) in [6.45, 7) is 6.18. The lowest BCUT2D eigenvalue weighted by atomic mass is 10.2. The Hall–Kier alpha value is -1.98. The fraction of sp³-hybridized carbons (Fsp3) is 0.571. The lowest BCUT2D eigenvalue weighted by Crippen LogP contribution is -2.37. The van der Waals surface area contributed by atoms with Crippen LogP contribution in [0.2, 0.25) is 0 Å². The number of rotatable bonds is 1. The molecular weight excluding hydrogens is 258 g/mol. The molecule has 0 bridgehead atoms. The number of aromatic nitrogens is 1. The van der Waals surface area contributed by atoms with Gasteiger partial charge in [-0.25, -0.2) is 4.79 Å². The maximum Gasteiger partial charge on any atom is 0.409 e. The summed E-state index contributed by atoms with van der Waals surface area (Å²) < 4.78 is 4.73. The molecule has 1 aliphatic rings. The fourth-order valence-electron chi connectivity index (χ4n) is 2.55. The molecule has 2 heterocycles. The number of methoxy groups -OCH3 is 1. The standard InChI is InChI=1S/C14H21N3O3/c1-10-9-12(11(2)15-10)13(18)16-5-4-6-17(8-7-16)14(19)20-3/h9,15H,4-8H2,1-3H3. The molecule has 110 valence electrons. The van der Waals surface area contributed by atoms with Gasteiger partial charge in [0, 0.05) is 37.6 Å². The van der Waals surface area contributed by atoms with E-state index in [1.54, 1.807) is 9.80 Å². The Morgan fingerprint density at radius 3 is 2.40 bits per heavy atom. The average Bonchev–Trinajstić information content (AvgIpc) is 2.66. The van der Waals surface area contributed by atoms with Crippen LogP contribution in [0.5, 0.6) is 0 Å². The van der Waals surface area contributed by atoms with Crippen molar-refractivity contribution < 1.29 is 14.3 Å². The highest BCUT2D eigenvalue weighted by Crippen LogP contribution is 2.14. The van der Waals surface area contributed by atoms with E-state index in [9.17, 15) is 9.59 Å². The second-order valence-corrected chi connectivity index (χ2v) is 5.09. The van der Waals surface area contributed by atoms with Gasteiger partial charge in [0.05, 0.1) is 12.7 Å². The van der Waals surface area contributed by atoms with Gasteiger partial charge in [-0.05, 0) is 26.3 Å². The molecule has 1 fully saturated rings. The third kappa shape index (κ3) is 2.95. The summed E-state index contributed by atoms with van der Waals surface area (Å²) in [5.74, 6) is 0.0264. The monoisotopic (exact) mass is 279 g/mol. The van der Waals surface area contributed by atoms with E-state index in [-0.39, 0.29) is 12.0 Å². The molecule has 1 aliphatic heterocycles. The third-order valence-electron chi connectivity index (χ3n) is 3.60. The van der Waals surface area contributed by atoms with Crippen molar-refractivity contribution in [2.75, 3.05) is 33.3 Å². The molecule has 0 aromatic carbocycles. The summed E-state index contributed by atoms with van der Waals surface area (Å²) in [5.41, 5.74) is 2.59. The summed E-state index contributed by atoms with van der Waals surface area (Å²) in [4.78, 5) is 30.6. The van der Waals surface area contributed by atoms with E-state index in [1.807, 2.05) is 19.9 Å². The van der Waals surface area contributed by atoms with Crippen LogP contribution in [0.25, 0.3) is 0 Å². The van der Waals surface area contributed by atoms with Gasteiger partial charge in [0.15, 0.2) is 0 Å². The Morgan fingerprint density at radius 1 is 1.15 bits per heavy atom. The maximum absolute atomic E-state index is 12.5. The second kappa shape index (κ2) is 5.98. The first kappa shape index (κ1) is 14.4. The Labute approximate surface area is 118 Å². The van der Waals surface area contributed by atoms with Crippen molar-refractivity contribution in [2.24, 2.45) is 0 Å². The normalized spacial score (nSPS) is 15.9. The van der Waals surface area contributed by atoms with Crippen molar-refractivity contribution >= 4 is 12.0 Å². The van der Waals surface area contributed by atoms with E-state index in [0.29, 0.717) is 31.7 Å². The molecule has 1 aromatic rings. The SMILES string of the molecule is COC(=O)N1CCCN(C(=O)c2cc(C)[nH]c2C)CC1. The maximum atomic E-state index is 12.5. The van der Waals surface area contributed by atoms with Crippen LogP contribution in [-0.4, -0.2) is 60.1 Å². The van der Waals surface area contributed by atoms with E-state index < -0.39 is 0 Å². The summed E-state index contributed by atoms with van der Waals surface area (Å²) in [5, 5.41) is 0. The number of carbonyl (C=O) groups is 2.